The Labute approximate surface area is 131 Å². The first-order valence-corrected chi connectivity index (χ1v) is 8.40. The molecule has 108 valence electrons. The summed E-state index contributed by atoms with van der Waals surface area (Å²) in [5.41, 5.74) is 2.61. The average molecular weight is 308 g/mol. The first kappa shape index (κ1) is 15.6. The number of halogens is 1. The van der Waals surface area contributed by atoms with Crippen molar-refractivity contribution in [2.75, 3.05) is 6.54 Å². The molecule has 0 spiro atoms. The maximum absolute atomic E-state index is 6.17. The normalized spacial score (nSPS) is 12.6. The molecule has 20 heavy (non-hydrogen) atoms. The molecule has 1 aromatic carbocycles. The lowest BCUT2D eigenvalue weighted by Gasteiger charge is -2.20. The van der Waals surface area contributed by atoms with E-state index in [1.807, 2.05) is 17.4 Å². The molecule has 0 saturated heterocycles. The summed E-state index contributed by atoms with van der Waals surface area (Å²) in [5, 5.41) is 4.40. The van der Waals surface area contributed by atoms with Gasteiger partial charge < -0.3 is 5.32 Å². The Kier molecular flexibility index (Phi) is 5.64. The largest absolute Gasteiger partial charge is 0.310 e. The summed E-state index contributed by atoms with van der Waals surface area (Å²) >= 11 is 8.08. The van der Waals surface area contributed by atoms with Gasteiger partial charge in [-0.2, -0.15) is 0 Å². The number of likely N-dealkylation sites (N-methyl/N-ethyl adjacent to an activating group) is 1. The number of nitrogens with one attached hydrogen (secondary N) is 1. The number of hydrogen-bond acceptors (Lipinski definition) is 2. The summed E-state index contributed by atoms with van der Waals surface area (Å²) in [4.78, 5) is 2.89. The maximum Gasteiger partial charge on any atom is 0.0409 e. The van der Waals surface area contributed by atoms with Crippen LogP contribution in [0.3, 0.4) is 0 Å². The van der Waals surface area contributed by atoms with Crippen LogP contribution in [0.15, 0.2) is 30.3 Å². The summed E-state index contributed by atoms with van der Waals surface area (Å²) < 4.78 is 0. The number of thiophene rings is 1. The third-order valence-corrected chi connectivity index (χ3v) is 5.03. The van der Waals surface area contributed by atoms with E-state index in [9.17, 15) is 0 Å². The van der Waals surface area contributed by atoms with Gasteiger partial charge in [0.15, 0.2) is 0 Å². The Hall–Kier alpha value is -0.830. The average Bonchev–Trinajstić information content (AvgIpc) is 2.89. The van der Waals surface area contributed by atoms with Crippen LogP contribution < -0.4 is 5.32 Å². The Morgan fingerprint density at radius 2 is 1.90 bits per heavy atom. The van der Waals surface area contributed by atoms with Crippen LogP contribution in [0.1, 0.15) is 40.8 Å². The summed E-state index contributed by atoms with van der Waals surface area (Å²) in [7, 11) is 0. The van der Waals surface area contributed by atoms with Crippen LogP contribution in [0.5, 0.6) is 0 Å². The van der Waals surface area contributed by atoms with E-state index in [0.717, 1.165) is 24.4 Å². The van der Waals surface area contributed by atoms with Crippen molar-refractivity contribution in [1.29, 1.82) is 0 Å². The quantitative estimate of drug-likeness (QED) is 0.776. The number of aryl methyl sites for hydroxylation is 2. The van der Waals surface area contributed by atoms with Crippen molar-refractivity contribution < 1.29 is 0 Å². The summed E-state index contributed by atoms with van der Waals surface area (Å²) in [5.74, 6) is 0. The smallest absolute Gasteiger partial charge is 0.0409 e. The third-order valence-electron chi connectivity index (χ3n) is 3.54. The third kappa shape index (κ3) is 3.85. The molecule has 0 radical (unpaired) electrons. The Balaban J connectivity index is 2.23. The molecule has 0 aliphatic rings. The zero-order valence-electron chi connectivity index (χ0n) is 12.4. The number of rotatable bonds is 6. The van der Waals surface area contributed by atoms with Gasteiger partial charge in [0.1, 0.15) is 0 Å². The Morgan fingerprint density at radius 1 is 1.15 bits per heavy atom. The predicted octanol–water partition coefficient (Wildman–Crippen LogP) is 5.17. The topological polar surface area (TPSA) is 12.0 Å². The van der Waals surface area contributed by atoms with Crippen LogP contribution >= 0.6 is 22.9 Å². The van der Waals surface area contributed by atoms with Crippen molar-refractivity contribution in [3.63, 3.8) is 0 Å². The molecule has 0 aliphatic heterocycles. The van der Waals surface area contributed by atoms with Gasteiger partial charge in [-0.15, -0.1) is 11.3 Å². The molecular formula is C17H22ClNS. The van der Waals surface area contributed by atoms with Gasteiger partial charge in [-0.3, -0.25) is 0 Å². The van der Waals surface area contributed by atoms with E-state index < -0.39 is 0 Å². The van der Waals surface area contributed by atoms with E-state index in [1.54, 1.807) is 0 Å². The van der Waals surface area contributed by atoms with Crippen LogP contribution in [0.4, 0.5) is 0 Å². The van der Waals surface area contributed by atoms with E-state index in [0.29, 0.717) is 6.04 Å². The van der Waals surface area contributed by atoms with E-state index >= 15 is 0 Å². The molecule has 1 N–H and O–H groups in total. The fourth-order valence-corrected chi connectivity index (χ4v) is 3.63. The highest BCUT2D eigenvalue weighted by Gasteiger charge is 2.15. The lowest BCUT2D eigenvalue weighted by molar-refractivity contribution is 0.551. The van der Waals surface area contributed by atoms with Crippen LogP contribution in [0, 0.1) is 6.92 Å². The number of benzene rings is 1. The lowest BCUT2D eigenvalue weighted by atomic mass is 9.98. The predicted molar refractivity (Wildman–Crippen MR) is 90.0 cm³/mol. The van der Waals surface area contributed by atoms with Gasteiger partial charge >= 0.3 is 0 Å². The van der Waals surface area contributed by atoms with Crippen molar-refractivity contribution in [2.45, 2.75) is 39.7 Å². The van der Waals surface area contributed by atoms with Crippen LogP contribution in [-0.2, 0) is 12.8 Å². The van der Waals surface area contributed by atoms with Gasteiger partial charge in [-0.1, -0.05) is 31.5 Å². The fraction of sp³-hybridized carbons (Fsp3) is 0.412. The van der Waals surface area contributed by atoms with Gasteiger partial charge in [0, 0.05) is 27.2 Å². The fourth-order valence-electron chi connectivity index (χ4n) is 2.45. The molecule has 0 fully saturated rings. The second kappa shape index (κ2) is 7.26. The molecule has 0 saturated carbocycles. The van der Waals surface area contributed by atoms with Gasteiger partial charge in [-0.25, -0.2) is 0 Å². The zero-order valence-corrected chi connectivity index (χ0v) is 13.9. The van der Waals surface area contributed by atoms with E-state index in [1.165, 1.54) is 20.9 Å². The van der Waals surface area contributed by atoms with Crippen LogP contribution in [0.2, 0.25) is 5.02 Å². The van der Waals surface area contributed by atoms with Crippen molar-refractivity contribution in [1.82, 2.24) is 5.32 Å². The maximum atomic E-state index is 6.17. The molecule has 1 nitrogen and oxygen atoms in total. The Morgan fingerprint density at radius 3 is 2.55 bits per heavy atom. The summed E-state index contributed by atoms with van der Waals surface area (Å²) in [6.07, 6.45) is 2.15. The molecule has 1 unspecified atom stereocenters. The van der Waals surface area contributed by atoms with E-state index in [-0.39, 0.29) is 0 Å². The second-order valence-electron chi connectivity index (χ2n) is 5.04. The van der Waals surface area contributed by atoms with Gasteiger partial charge in [0.25, 0.3) is 0 Å². The Bertz CT molecular complexity index is 562. The minimum Gasteiger partial charge on any atom is -0.310 e. The summed E-state index contributed by atoms with van der Waals surface area (Å²) in [6.45, 7) is 7.47. The lowest BCUT2D eigenvalue weighted by Crippen LogP contribution is -2.23. The van der Waals surface area contributed by atoms with Crippen LogP contribution in [0.25, 0.3) is 0 Å². The standard InChI is InChI=1S/C17H22ClNS/c1-4-14-8-9-15(20-14)11-17(19-5-2)16-10-13(18)7-6-12(16)3/h6-10,17,19H,4-5,11H2,1-3H3. The van der Waals surface area contributed by atoms with Gasteiger partial charge in [0.2, 0.25) is 0 Å². The molecule has 1 atom stereocenters. The molecule has 2 rings (SSSR count). The molecule has 0 bridgehead atoms. The minimum atomic E-state index is 0.335. The second-order valence-corrected chi connectivity index (χ2v) is 6.73. The van der Waals surface area contributed by atoms with Crippen molar-refractivity contribution in [3.05, 3.63) is 56.2 Å². The van der Waals surface area contributed by atoms with E-state index in [4.69, 9.17) is 11.6 Å². The molecule has 3 heteroatoms. The van der Waals surface area contributed by atoms with Gasteiger partial charge in [-0.05, 0) is 55.3 Å². The molecular weight excluding hydrogens is 286 g/mol. The van der Waals surface area contributed by atoms with Crippen molar-refractivity contribution in [2.24, 2.45) is 0 Å². The minimum absolute atomic E-state index is 0.335. The van der Waals surface area contributed by atoms with Crippen LogP contribution in [-0.4, -0.2) is 6.54 Å². The highest BCUT2D eigenvalue weighted by molar-refractivity contribution is 7.11. The number of hydrogen-bond donors (Lipinski definition) is 1. The van der Waals surface area contributed by atoms with Crippen molar-refractivity contribution in [3.8, 4) is 0 Å². The van der Waals surface area contributed by atoms with Gasteiger partial charge in [0.05, 0.1) is 0 Å². The molecule has 2 aromatic rings. The zero-order chi connectivity index (χ0) is 14.5. The highest BCUT2D eigenvalue weighted by atomic mass is 35.5. The highest BCUT2D eigenvalue weighted by Crippen LogP contribution is 2.27. The molecule has 1 heterocycles. The monoisotopic (exact) mass is 307 g/mol. The SMILES string of the molecule is CCNC(Cc1ccc(CC)s1)c1cc(Cl)ccc1C. The first-order chi connectivity index (χ1) is 9.63. The molecule has 0 aliphatic carbocycles. The van der Waals surface area contributed by atoms with Crippen molar-refractivity contribution >= 4 is 22.9 Å². The first-order valence-electron chi connectivity index (χ1n) is 7.21. The summed E-state index contributed by atoms with van der Waals surface area (Å²) in [6, 6.07) is 11.0. The molecule has 1 aromatic heterocycles. The molecule has 0 amide bonds. The van der Waals surface area contributed by atoms with E-state index in [2.05, 4.69) is 50.4 Å².